The molecule has 0 aliphatic carbocycles. The van der Waals surface area contributed by atoms with E-state index in [9.17, 15) is 14.0 Å². The normalized spacial score (nSPS) is 10.0. The van der Waals surface area contributed by atoms with Gasteiger partial charge in [-0.15, -0.1) is 0 Å². The number of urea groups is 1. The van der Waals surface area contributed by atoms with E-state index < -0.39 is 23.4 Å². The maximum Gasteiger partial charge on any atom is 0.340 e. The number of anilines is 1. The average Bonchev–Trinajstić information content (AvgIpc) is 2.37. The molecule has 114 valence electrons. The molecule has 0 unspecified atom stereocenters. The summed E-state index contributed by atoms with van der Waals surface area (Å²) in [7, 11) is 0. The Morgan fingerprint density at radius 2 is 2.14 bits per heavy atom. The third-order valence-electron chi connectivity index (χ3n) is 2.36. The molecule has 21 heavy (non-hydrogen) atoms. The molecule has 0 bridgehead atoms. The summed E-state index contributed by atoms with van der Waals surface area (Å²) in [5.74, 6) is -2.36. The highest BCUT2D eigenvalue weighted by atomic mass is 19.1. The monoisotopic (exact) mass is 296 g/mol. The molecular weight excluding hydrogens is 279 g/mol. The van der Waals surface area contributed by atoms with Gasteiger partial charge >= 0.3 is 12.0 Å². The Labute approximate surface area is 121 Å². The molecule has 2 amide bonds. The predicted molar refractivity (Wildman–Crippen MR) is 76.0 cm³/mol. The van der Waals surface area contributed by atoms with Crippen molar-refractivity contribution in [1.29, 1.82) is 0 Å². The number of amides is 2. The second kappa shape index (κ2) is 8.01. The van der Waals surface area contributed by atoms with E-state index in [4.69, 9.17) is 9.84 Å². The van der Waals surface area contributed by atoms with Crippen LogP contribution >= 0.6 is 0 Å². The molecule has 0 aliphatic heterocycles. The topological polar surface area (TPSA) is 87.7 Å². The van der Waals surface area contributed by atoms with E-state index in [0.717, 1.165) is 11.6 Å². The molecule has 0 aromatic heterocycles. The van der Waals surface area contributed by atoms with Crippen molar-refractivity contribution in [2.75, 3.05) is 25.1 Å². The highest BCUT2D eigenvalue weighted by molar-refractivity contribution is 6.00. The van der Waals surface area contributed by atoms with Crippen molar-refractivity contribution >= 4 is 17.7 Å². The smallest absolute Gasteiger partial charge is 0.340 e. The van der Waals surface area contributed by atoms with E-state index in [-0.39, 0.29) is 18.8 Å². The summed E-state index contributed by atoms with van der Waals surface area (Å²) in [5.41, 5.74) is 0.180. The maximum atomic E-state index is 13.4. The van der Waals surface area contributed by atoms with Gasteiger partial charge in [-0.2, -0.15) is 0 Å². The SMILES string of the molecule is C=C(C)COCCNC(=O)Nc1cccc(F)c1C(=O)O. The fourth-order valence-corrected chi connectivity index (χ4v) is 1.50. The first kappa shape index (κ1) is 16.6. The van der Waals surface area contributed by atoms with Crippen LogP contribution in [0.3, 0.4) is 0 Å². The van der Waals surface area contributed by atoms with E-state index in [1.807, 2.05) is 6.92 Å². The zero-order valence-electron chi connectivity index (χ0n) is 11.6. The van der Waals surface area contributed by atoms with Gasteiger partial charge in [0.15, 0.2) is 0 Å². The predicted octanol–water partition coefficient (Wildman–Crippen LogP) is 2.24. The minimum atomic E-state index is -1.45. The lowest BCUT2D eigenvalue weighted by Crippen LogP contribution is -2.32. The van der Waals surface area contributed by atoms with E-state index in [2.05, 4.69) is 17.2 Å². The number of nitrogens with one attached hydrogen (secondary N) is 2. The van der Waals surface area contributed by atoms with Gasteiger partial charge in [0.05, 0.1) is 18.9 Å². The summed E-state index contributed by atoms with van der Waals surface area (Å²) < 4.78 is 18.6. The first-order valence-electron chi connectivity index (χ1n) is 6.20. The lowest BCUT2D eigenvalue weighted by molar-refractivity contribution is 0.0693. The van der Waals surface area contributed by atoms with Crippen LogP contribution in [-0.2, 0) is 4.74 Å². The van der Waals surface area contributed by atoms with Gasteiger partial charge in [0.1, 0.15) is 11.4 Å². The molecule has 0 fully saturated rings. The van der Waals surface area contributed by atoms with Gasteiger partial charge < -0.3 is 20.5 Å². The number of aromatic carboxylic acids is 1. The van der Waals surface area contributed by atoms with Crippen LogP contribution in [-0.4, -0.2) is 36.9 Å². The maximum absolute atomic E-state index is 13.4. The lowest BCUT2D eigenvalue weighted by atomic mass is 10.1. The molecule has 7 heteroatoms. The van der Waals surface area contributed by atoms with Gasteiger partial charge in [-0.1, -0.05) is 18.2 Å². The summed E-state index contributed by atoms with van der Waals surface area (Å²) >= 11 is 0. The van der Waals surface area contributed by atoms with E-state index in [0.29, 0.717) is 6.61 Å². The van der Waals surface area contributed by atoms with Gasteiger partial charge in [-0.05, 0) is 19.1 Å². The number of carboxylic acid groups (broad SMARTS) is 1. The van der Waals surface area contributed by atoms with Gasteiger partial charge in [-0.25, -0.2) is 14.0 Å². The Morgan fingerprint density at radius 3 is 2.76 bits per heavy atom. The number of benzene rings is 1. The first-order valence-corrected chi connectivity index (χ1v) is 6.20. The number of hydrogen-bond donors (Lipinski definition) is 3. The Kier molecular flexibility index (Phi) is 6.35. The molecule has 0 heterocycles. The molecule has 6 nitrogen and oxygen atoms in total. The first-order chi connectivity index (χ1) is 9.91. The summed E-state index contributed by atoms with van der Waals surface area (Å²) in [5, 5.41) is 13.7. The van der Waals surface area contributed by atoms with Crippen molar-refractivity contribution in [2.45, 2.75) is 6.92 Å². The molecule has 1 aromatic rings. The average molecular weight is 296 g/mol. The van der Waals surface area contributed by atoms with Gasteiger partial charge in [-0.3, -0.25) is 0 Å². The zero-order chi connectivity index (χ0) is 15.8. The molecule has 0 saturated heterocycles. The van der Waals surface area contributed by atoms with Crippen LogP contribution in [0.25, 0.3) is 0 Å². The molecule has 0 radical (unpaired) electrons. The number of carbonyl (C=O) groups is 2. The lowest BCUT2D eigenvalue weighted by Gasteiger charge is -2.10. The second-order valence-electron chi connectivity index (χ2n) is 4.36. The van der Waals surface area contributed by atoms with Crippen LogP contribution in [0.1, 0.15) is 17.3 Å². The Hall–Kier alpha value is -2.41. The van der Waals surface area contributed by atoms with E-state index in [1.54, 1.807) is 0 Å². The highest BCUT2D eigenvalue weighted by Gasteiger charge is 2.16. The third-order valence-corrected chi connectivity index (χ3v) is 2.36. The largest absolute Gasteiger partial charge is 0.478 e. The van der Waals surface area contributed by atoms with E-state index in [1.165, 1.54) is 12.1 Å². The Balaban J connectivity index is 2.50. The second-order valence-corrected chi connectivity index (χ2v) is 4.36. The van der Waals surface area contributed by atoms with Gasteiger partial charge in [0.25, 0.3) is 0 Å². The van der Waals surface area contributed by atoms with Crippen LogP contribution in [0.2, 0.25) is 0 Å². The fraction of sp³-hybridized carbons (Fsp3) is 0.286. The summed E-state index contributed by atoms with van der Waals surface area (Å²) in [6.45, 7) is 6.40. The number of hydrogen-bond acceptors (Lipinski definition) is 3. The Morgan fingerprint density at radius 1 is 1.43 bits per heavy atom. The summed E-state index contributed by atoms with van der Waals surface area (Å²) in [6, 6.07) is 3.00. The quantitative estimate of drug-likeness (QED) is 0.532. The molecule has 3 N–H and O–H groups in total. The van der Waals surface area contributed by atoms with Crippen molar-refractivity contribution in [3.05, 3.63) is 41.7 Å². The van der Waals surface area contributed by atoms with Gasteiger partial charge in [0.2, 0.25) is 0 Å². The molecule has 0 aliphatic rings. The third kappa shape index (κ3) is 5.62. The van der Waals surface area contributed by atoms with Crippen LogP contribution < -0.4 is 10.6 Å². The van der Waals surface area contributed by atoms with Gasteiger partial charge in [0, 0.05) is 6.54 Å². The molecule has 1 aromatic carbocycles. The van der Waals surface area contributed by atoms with Crippen molar-refractivity contribution in [3.8, 4) is 0 Å². The number of carboxylic acids is 1. The van der Waals surface area contributed by atoms with E-state index >= 15 is 0 Å². The molecule has 0 atom stereocenters. The summed E-state index contributed by atoms with van der Waals surface area (Å²) in [4.78, 5) is 22.5. The van der Waals surface area contributed by atoms with Crippen molar-refractivity contribution in [1.82, 2.24) is 5.32 Å². The molecule has 0 saturated carbocycles. The Bertz CT molecular complexity index is 546. The standard InChI is InChI=1S/C14H17FN2O4/c1-9(2)8-21-7-6-16-14(20)17-11-5-3-4-10(15)12(11)13(18)19/h3-5H,1,6-8H2,2H3,(H,18,19)(H2,16,17,20). The summed E-state index contributed by atoms with van der Waals surface area (Å²) in [6.07, 6.45) is 0. The fourth-order valence-electron chi connectivity index (χ4n) is 1.50. The van der Waals surface area contributed by atoms with Crippen LogP contribution in [0, 0.1) is 5.82 Å². The van der Waals surface area contributed by atoms with Crippen molar-refractivity contribution < 1.29 is 23.8 Å². The number of halogens is 1. The zero-order valence-corrected chi connectivity index (χ0v) is 11.6. The molecule has 1 rings (SSSR count). The van der Waals surface area contributed by atoms with Crippen molar-refractivity contribution in [2.24, 2.45) is 0 Å². The van der Waals surface area contributed by atoms with Crippen LogP contribution in [0.4, 0.5) is 14.9 Å². The number of rotatable bonds is 7. The van der Waals surface area contributed by atoms with Crippen LogP contribution in [0.5, 0.6) is 0 Å². The minimum absolute atomic E-state index is 0.108. The van der Waals surface area contributed by atoms with Crippen LogP contribution in [0.15, 0.2) is 30.4 Å². The number of ether oxygens (including phenoxy) is 1. The highest BCUT2D eigenvalue weighted by Crippen LogP contribution is 2.18. The molecular formula is C14H17FN2O4. The molecule has 0 spiro atoms. The van der Waals surface area contributed by atoms with Crippen molar-refractivity contribution in [3.63, 3.8) is 0 Å². The number of carbonyl (C=O) groups excluding carboxylic acids is 1. The minimum Gasteiger partial charge on any atom is -0.478 e.